The predicted octanol–water partition coefficient (Wildman–Crippen LogP) is 13.4. The first-order valence-corrected chi connectivity index (χ1v) is 25.3. The molecule has 0 bridgehead atoms. The van der Waals surface area contributed by atoms with Crippen molar-refractivity contribution >= 4 is 23.8 Å². The predicted molar refractivity (Wildman–Crippen MR) is 263 cm³/mol. The van der Waals surface area contributed by atoms with Crippen LogP contribution in [0, 0.1) is 0 Å². The lowest BCUT2D eigenvalue weighted by Crippen LogP contribution is -2.47. The van der Waals surface area contributed by atoms with Crippen LogP contribution in [0.5, 0.6) is 0 Å². The van der Waals surface area contributed by atoms with Gasteiger partial charge in [-0.15, -0.1) is 0 Å². The minimum Gasteiger partial charge on any atom is -0.480 e. The molecule has 63 heavy (non-hydrogen) atoms. The van der Waals surface area contributed by atoms with Gasteiger partial charge in [0.25, 0.3) is 0 Å². The highest BCUT2D eigenvalue weighted by molar-refractivity contribution is 5.87. The minimum absolute atomic E-state index is 0.0304. The second-order valence-electron chi connectivity index (χ2n) is 16.9. The maximum Gasteiger partial charge on any atom is 0.328 e. The van der Waals surface area contributed by atoms with E-state index in [0.717, 1.165) is 116 Å². The van der Waals surface area contributed by atoms with Gasteiger partial charge in [-0.25, -0.2) is 4.79 Å². The highest BCUT2D eigenvalue weighted by atomic mass is 16.5. The van der Waals surface area contributed by atoms with E-state index in [-0.39, 0.29) is 30.9 Å². The van der Waals surface area contributed by atoms with Crippen molar-refractivity contribution in [1.29, 1.82) is 0 Å². The first kappa shape index (κ1) is 59.3. The van der Waals surface area contributed by atoms with Gasteiger partial charge in [0.15, 0.2) is 0 Å². The Morgan fingerprint density at radius 3 is 1.37 bits per heavy atom. The molecule has 4 N–H and O–H groups in total. The summed E-state index contributed by atoms with van der Waals surface area (Å²) in [4.78, 5) is 47.8. The number of carbonyl (C=O) groups is 4. The highest BCUT2D eigenvalue weighted by Gasteiger charge is 2.19. The number of carbonyl (C=O) groups excluding carboxylic acids is 3. The third-order valence-corrected chi connectivity index (χ3v) is 11.0. The van der Waals surface area contributed by atoms with Crippen molar-refractivity contribution < 1.29 is 34.1 Å². The summed E-state index contributed by atoms with van der Waals surface area (Å²) in [6, 6.07) is -1.39. The zero-order valence-corrected chi connectivity index (χ0v) is 40.1. The van der Waals surface area contributed by atoms with Crippen molar-refractivity contribution in [2.24, 2.45) is 0 Å². The molecule has 2 amide bonds. The number of esters is 1. The largest absolute Gasteiger partial charge is 0.480 e. The molecular weight excluding hydrogens is 789 g/mol. The van der Waals surface area contributed by atoms with E-state index < -0.39 is 24.5 Å². The Labute approximate surface area is 384 Å². The fourth-order valence-electron chi connectivity index (χ4n) is 7.13. The first-order chi connectivity index (χ1) is 30.8. The van der Waals surface area contributed by atoms with Gasteiger partial charge in [-0.2, -0.15) is 0 Å². The second-order valence-corrected chi connectivity index (χ2v) is 16.9. The van der Waals surface area contributed by atoms with Gasteiger partial charge in [-0.05, 0) is 89.9 Å². The zero-order valence-electron chi connectivity index (χ0n) is 40.1. The van der Waals surface area contributed by atoms with Crippen LogP contribution in [-0.4, -0.2) is 59.3 Å². The number of carboxylic acids is 1. The molecule has 9 nitrogen and oxygen atoms in total. The Kier molecular flexibility index (Phi) is 44.9. The van der Waals surface area contributed by atoms with E-state index in [1.165, 1.54) is 70.6 Å². The summed E-state index contributed by atoms with van der Waals surface area (Å²) in [6.07, 6.45) is 60.7. The van der Waals surface area contributed by atoms with E-state index in [1.54, 1.807) is 0 Å². The molecule has 0 rings (SSSR count). The number of ether oxygens (including phenoxy) is 1. The Balaban J connectivity index is 4.32. The van der Waals surface area contributed by atoms with E-state index in [2.05, 4.69) is 97.4 Å². The molecule has 2 atom stereocenters. The molecule has 0 aromatic carbocycles. The van der Waals surface area contributed by atoms with E-state index >= 15 is 0 Å². The summed E-state index contributed by atoms with van der Waals surface area (Å²) < 4.78 is 6.05. The van der Waals surface area contributed by atoms with Crippen LogP contribution in [0.1, 0.15) is 219 Å². The SMILES string of the molecule is CC/C=C\C/C=C\C/C=C\C/C=C\C/C=C\C/C=C\CCCCCCC(=O)OC(CCCCCCCCCCCCCC)CCCCCCCC(=O)NCC(=O)NC(CO)C(=O)O. The van der Waals surface area contributed by atoms with Crippen molar-refractivity contribution in [3.05, 3.63) is 72.9 Å². The van der Waals surface area contributed by atoms with Gasteiger partial charge in [0, 0.05) is 12.8 Å². The van der Waals surface area contributed by atoms with Gasteiger partial charge < -0.3 is 25.6 Å². The summed E-state index contributed by atoms with van der Waals surface area (Å²) in [6.45, 7) is 3.38. The van der Waals surface area contributed by atoms with Crippen LogP contribution >= 0.6 is 0 Å². The number of aliphatic hydroxyl groups is 1. The number of aliphatic carboxylic acids is 1. The van der Waals surface area contributed by atoms with Crippen molar-refractivity contribution in [3.8, 4) is 0 Å². The topological polar surface area (TPSA) is 142 Å². The highest BCUT2D eigenvalue weighted by Crippen LogP contribution is 2.19. The van der Waals surface area contributed by atoms with E-state index in [1.807, 2.05) is 0 Å². The molecule has 0 saturated carbocycles. The van der Waals surface area contributed by atoms with E-state index in [0.29, 0.717) is 12.8 Å². The summed E-state index contributed by atoms with van der Waals surface area (Å²) in [5.74, 6) is -2.32. The minimum atomic E-state index is -1.39. The zero-order chi connectivity index (χ0) is 46.1. The number of carboxylic acid groups (broad SMARTS) is 1. The molecule has 0 heterocycles. The van der Waals surface area contributed by atoms with E-state index in [4.69, 9.17) is 14.9 Å². The van der Waals surface area contributed by atoms with Gasteiger partial charge in [0.05, 0.1) is 13.2 Å². The normalized spacial score (nSPS) is 13.1. The van der Waals surface area contributed by atoms with Gasteiger partial charge >= 0.3 is 11.9 Å². The molecule has 0 aliphatic carbocycles. The Hall–Kier alpha value is -3.72. The standard InChI is InChI=1S/C54H92N2O7/c1-3-5-7-9-11-13-15-17-18-19-20-21-22-23-24-25-26-27-29-31-33-38-42-46-53(60)63-49(43-39-35-32-30-28-16-14-12-10-8-6-4-2)44-40-36-34-37-41-45-51(58)55-47-52(59)56-50(48-57)54(61)62/h5,7,11,13,17-18,20-21,23-24,26-27,49-50,57H,3-4,6,8-10,12,14-16,19,22,25,28-48H2,1-2H3,(H,55,58)(H,56,59)(H,61,62)/b7-5-,13-11-,18-17-,21-20-,24-23-,27-26-. The monoisotopic (exact) mass is 881 g/mol. The average Bonchev–Trinajstić information content (AvgIpc) is 3.27. The molecular formula is C54H92N2O7. The quantitative estimate of drug-likeness (QED) is 0.0271. The van der Waals surface area contributed by atoms with Gasteiger partial charge in [-0.3, -0.25) is 14.4 Å². The molecule has 0 aromatic heterocycles. The Morgan fingerprint density at radius 1 is 0.492 bits per heavy atom. The number of hydrogen-bond acceptors (Lipinski definition) is 6. The summed E-state index contributed by atoms with van der Waals surface area (Å²) in [7, 11) is 0. The van der Waals surface area contributed by atoms with Crippen LogP contribution < -0.4 is 10.6 Å². The lowest BCUT2D eigenvalue weighted by atomic mass is 10.0. The van der Waals surface area contributed by atoms with Crippen molar-refractivity contribution in [3.63, 3.8) is 0 Å². The summed E-state index contributed by atoms with van der Waals surface area (Å²) in [5, 5.41) is 22.6. The third-order valence-electron chi connectivity index (χ3n) is 11.0. The molecule has 0 aliphatic rings. The molecule has 0 aliphatic heterocycles. The number of amides is 2. The Bertz CT molecular complexity index is 1280. The van der Waals surface area contributed by atoms with Crippen LogP contribution in [-0.2, 0) is 23.9 Å². The fourth-order valence-corrected chi connectivity index (χ4v) is 7.13. The molecule has 0 aromatic rings. The smallest absolute Gasteiger partial charge is 0.328 e. The summed E-state index contributed by atoms with van der Waals surface area (Å²) in [5.41, 5.74) is 0. The average molecular weight is 881 g/mol. The first-order valence-electron chi connectivity index (χ1n) is 25.3. The molecule has 0 spiro atoms. The van der Waals surface area contributed by atoms with Gasteiger partial charge in [0.1, 0.15) is 12.1 Å². The van der Waals surface area contributed by atoms with Crippen molar-refractivity contribution in [2.45, 2.75) is 231 Å². The molecule has 0 saturated heterocycles. The van der Waals surface area contributed by atoms with Crippen LogP contribution in [0.15, 0.2) is 72.9 Å². The van der Waals surface area contributed by atoms with Crippen LogP contribution in [0.3, 0.4) is 0 Å². The maximum absolute atomic E-state index is 12.9. The van der Waals surface area contributed by atoms with Crippen LogP contribution in [0.25, 0.3) is 0 Å². The fraction of sp³-hybridized carbons (Fsp3) is 0.704. The van der Waals surface area contributed by atoms with Crippen LogP contribution in [0.2, 0.25) is 0 Å². The summed E-state index contributed by atoms with van der Waals surface area (Å²) >= 11 is 0. The van der Waals surface area contributed by atoms with Gasteiger partial charge in [0.2, 0.25) is 11.8 Å². The third kappa shape index (κ3) is 44.7. The number of aliphatic hydroxyl groups excluding tert-OH is 1. The number of hydrogen-bond donors (Lipinski definition) is 4. The molecule has 0 radical (unpaired) electrons. The van der Waals surface area contributed by atoms with Crippen molar-refractivity contribution in [1.82, 2.24) is 10.6 Å². The Morgan fingerprint density at radius 2 is 0.905 bits per heavy atom. The molecule has 0 fully saturated rings. The van der Waals surface area contributed by atoms with Crippen molar-refractivity contribution in [2.75, 3.05) is 13.2 Å². The lowest BCUT2D eigenvalue weighted by molar-refractivity contribution is -0.150. The second kappa shape index (κ2) is 47.8. The maximum atomic E-state index is 12.9. The lowest BCUT2D eigenvalue weighted by Gasteiger charge is -2.18. The number of unbranched alkanes of at least 4 members (excludes halogenated alkanes) is 19. The number of rotatable bonds is 45. The molecule has 360 valence electrons. The number of allylic oxidation sites excluding steroid dienone is 12. The number of nitrogens with one attached hydrogen (secondary N) is 2. The molecule has 2 unspecified atom stereocenters. The van der Waals surface area contributed by atoms with Gasteiger partial charge in [-0.1, -0.05) is 189 Å². The van der Waals surface area contributed by atoms with Crippen LogP contribution in [0.4, 0.5) is 0 Å². The molecule has 9 heteroatoms. The van der Waals surface area contributed by atoms with E-state index in [9.17, 15) is 19.2 Å².